The van der Waals surface area contributed by atoms with Gasteiger partial charge in [0, 0.05) is 13.0 Å². The summed E-state index contributed by atoms with van der Waals surface area (Å²) >= 11 is 0. The van der Waals surface area contributed by atoms with Gasteiger partial charge in [-0.05, 0) is 17.0 Å². The Labute approximate surface area is 114 Å². The van der Waals surface area contributed by atoms with E-state index in [0.717, 1.165) is 5.56 Å². The smallest absolute Gasteiger partial charge is 0.221 e. The van der Waals surface area contributed by atoms with Crippen LogP contribution in [0.25, 0.3) is 0 Å². The lowest BCUT2D eigenvalue weighted by Crippen LogP contribution is -2.24. The SMILES string of the molecule is C=CCNC(=O)CC(C#N)c1ccc(C(C)C)cc1. The number of nitrogens with zero attached hydrogens (tertiary/aromatic N) is 1. The van der Waals surface area contributed by atoms with Crippen molar-refractivity contribution < 1.29 is 4.79 Å². The van der Waals surface area contributed by atoms with Gasteiger partial charge in [0.15, 0.2) is 0 Å². The van der Waals surface area contributed by atoms with Crippen LogP contribution in [0.15, 0.2) is 36.9 Å². The molecule has 0 spiro atoms. The number of rotatable bonds is 6. The first kappa shape index (κ1) is 15.0. The highest BCUT2D eigenvalue weighted by atomic mass is 16.1. The summed E-state index contributed by atoms with van der Waals surface area (Å²) in [5, 5.41) is 11.9. The largest absolute Gasteiger partial charge is 0.353 e. The van der Waals surface area contributed by atoms with E-state index in [9.17, 15) is 10.1 Å². The number of benzene rings is 1. The zero-order chi connectivity index (χ0) is 14.3. The van der Waals surface area contributed by atoms with E-state index in [1.54, 1.807) is 6.08 Å². The topological polar surface area (TPSA) is 52.9 Å². The summed E-state index contributed by atoms with van der Waals surface area (Å²) in [5.41, 5.74) is 2.12. The molecular formula is C16H20N2O. The van der Waals surface area contributed by atoms with Crippen molar-refractivity contribution in [2.75, 3.05) is 6.54 Å². The van der Waals surface area contributed by atoms with Crippen molar-refractivity contribution in [3.63, 3.8) is 0 Å². The van der Waals surface area contributed by atoms with Crippen LogP contribution >= 0.6 is 0 Å². The van der Waals surface area contributed by atoms with Crippen LogP contribution in [0.4, 0.5) is 0 Å². The zero-order valence-electron chi connectivity index (χ0n) is 11.5. The second kappa shape index (κ2) is 7.38. The predicted octanol–water partition coefficient (Wildman–Crippen LogP) is 3.11. The van der Waals surface area contributed by atoms with Crippen molar-refractivity contribution >= 4 is 5.91 Å². The molecule has 0 aliphatic heterocycles. The average Bonchev–Trinajstić information content (AvgIpc) is 2.42. The number of nitrogens with one attached hydrogen (secondary N) is 1. The molecular weight excluding hydrogens is 236 g/mol. The highest BCUT2D eigenvalue weighted by Crippen LogP contribution is 2.22. The number of nitriles is 1. The molecule has 1 amide bonds. The van der Waals surface area contributed by atoms with Crippen molar-refractivity contribution in [2.45, 2.75) is 32.1 Å². The third-order valence-corrected chi connectivity index (χ3v) is 2.99. The van der Waals surface area contributed by atoms with Gasteiger partial charge in [0.2, 0.25) is 5.91 Å². The molecule has 1 N–H and O–H groups in total. The molecule has 0 aromatic heterocycles. The van der Waals surface area contributed by atoms with E-state index in [1.165, 1.54) is 5.56 Å². The average molecular weight is 256 g/mol. The van der Waals surface area contributed by atoms with E-state index in [0.29, 0.717) is 12.5 Å². The molecule has 0 heterocycles. The molecule has 1 aromatic rings. The first-order valence-corrected chi connectivity index (χ1v) is 6.45. The van der Waals surface area contributed by atoms with Crippen LogP contribution in [0.3, 0.4) is 0 Å². The van der Waals surface area contributed by atoms with Crippen molar-refractivity contribution in [1.82, 2.24) is 5.32 Å². The number of hydrogen-bond acceptors (Lipinski definition) is 2. The summed E-state index contributed by atoms with van der Waals surface area (Å²) in [7, 11) is 0. The summed E-state index contributed by atoms with van der Waals surface area (Å²) < 4.78 is 0. The number of carbonyl (C=O) groups is 1. The van der Waals surface area contributed by atoms with Crippen LogP contribution in [-0.2, 0) is 4.79 Å². The fourth-order valence-corrected chi connectivity index (χ4v) is 1.79. The highest BCUT2D eigenvalue weighted by molar-refractivity contribution is 5.77. The van der Waals surface area contributed by atoms with Crippen LogP contribution in [0.5, 0.6) is 0 Å². The molecule has 1 aromatic carbocycles. The van der Waals surface area contributed by atoms with Crippen molar-refractivity contribution in [3.05, 3.63) is 48.0 Å². The van der Waals surface area contributed by atoms with E-state index < -0.39 is 5.92 Å². The van der Waals surface area contributed by atoms with Gasteiger partial charge in [0.1, 0.15) is 0 Å². The number of amides is 1. The quantitative estimate of drug-likeness (QED) is 0.795. The molecule has 0 bridgehead atoms. The second-order valence-corrected chi connectivity index (χ2v) is 4.80. The summed E-state index contributed by atoms with van der Waals surface area (Å²) in [6, 6.07) is 10.1. The molecule has 0 saturated heterocycles. The van der Waals surface area contributed by atoms with Gasteiger partial charge in [-0.15, -0.1) is 6.58 Å². The summed E-state index contributed by atoms with van der Waals surface area (Å²) in [5.74, 6) is -0.0594. The molecule has 1 rings (SSSR count). The Bertz CT molecular complexity index is 469. The fourth-order valence-electron chi connectivity index (χ4n) is 1.79. The van der Waals surface area contributed by atoms with Crippen LogP contribution in [0.1, 0.15) is 43.2 Å². The van der Waals surface area contributed by atoms with E-state index in [4.69, 9.17) is 0 Å². The Morgan fingerprint density at radius 1 is 1.37 bits per heavy atom. The molecule has 0 aliphatic carbocycles. The second-order valence-electron chi connectivity index (χ2n) is 4.80. The minimum absolute atomic E-state index is 0.126. The van der Waals surface area contributed by atoms with E-state index in [-0.39, 0.29) is 12.3 Å². The molecule has 0 aliphatic rings. The Morgan fingerprint density at radius 2 is 1.95 bits per heavy atom. The minimum atomic E-state index is -0.397. The normalized spacial score (nSPS) is 11.7. The zero-order valence-corrected chi connectivity index (χ0v) is 11.5. The van der Waals surface area contributed by atoms with Gasteiger partial charge in [0.25, 0.3) is 0 Å². The Hall–Kier alpha value is -2.08. The summed E-state index contributed by atoms with van der Waals surface area (Å²) in [4.78, 5) is 11.6. The lowest BCUT2D eigenvalue weighted by molar-refractivity contribution is -0.121. The molecule has 0 saturated carbocycles. The molecule has 19 heavy (non-hydrogen) atoms. The van der Waals surface area contributed by atoms with Crippen LogP contribution in [-0.4, -0.2) is 12.5 Å². The van der Waals surface area contributed by atoms with Crippen LogP contribution in [0.2, 0.25) is 0 Å². The Morgan fingerprint density at radius 3 is 2.42 bits per heavy atom. The summed E-state index contributed by atoms with van der Waals surface area (Å²) in [6.07, 6.45) is 1.81. The minimum Gasteiger partial charge on any atom is -0.353 e. The first-order chi connectivity index (χ1) is 9.08. The standard InChI is InChI=1S/C16H20N2O/c1-4-9-18-16(19)10-15(11-17)14-7-5-13(6-8-14)12(2)3/h4-8,12,15H,1,9-10H2,2-3H3,(H,18,19). The summed E-state index contributed by atoms with van der Waals surface area (Å²) in [6.45, 7) is 8.22. The molecule has 0 radical (unpaired) electrons. The number of carbonyl (C=O) groups excluding carboxylic acids is 1. The predicted molar refractivity (Wildman–Crippen MR) is 76.7 cm³/mol. The molecule has 3 heteroatoms. The van der Waals surface area contributed by atoms with Gasteiger partial charge < -0.3 is 5.32 Å². The maximum atomic E-state index is 11.6. The molecule has 0 fully saturated rings. The first-order valence-electron chi connectivity index (χ1n) is 6.45. The third-order valence-electron chi connectivity index (χ3n) is 2.99. The molecule has 1 atom stereocenters. The highest BCUT2D eigenvalue weighted by Gasteiger charge is 2.15. The van der Waals surface area contributed by atoms with Gasteiger partial charge in [0.05, 0.1) is 12.0 Å². The molecule has 100 valence electrons. The van der Waals surface area contributed by atoms with Crippen LogP contribution < -0.4 is 5.32 Å². The van der Waals surface area contributed by atoms with E-state index in [1.807, 2.05) is 24.3 Å². The van der Waals surface area contributed by atoms with Crippen molar-refractivity contribution in [1.29, 1.82) is 5.26 Å². The third kappa shape index (κ3) is 4.59. The van der Waals surface area contributed by atoms with E-state index >= 15 is 0 Å². The lowest BCUT2D eigenvalue weighted by Gasteiger charge is -2.11. The van der Waals surface area contributed by atoms with E-state index in [2.05, 4.69) is 31.8 Å². The molecule has 3 nitrogen and oxygen atoms in total. The van der Waals surface area contributed by atoms with Gasteiger partial charge >= 0.3 is 0 Å². The number of hydrogen-bond donors (Lipinski definition) is 1. The monoisotopic (exact) mass is 256 g/mol. The van der Waals surface area contributed by atoms with Gasteiger partial charge in [-0.3, -0.25) is 4.79 Å². The molecule has 1 unspecified atom stereocenters. The maximum Gasteiger partial charge on any atom is 0.221 e. The Kier molecular flexibility index (Phi) is 5.81. The van der Waals surface area contributed by atoms with Gasteiger partial charge in [-0.2, -0.15) is 5.26 Å². The van der Waals surface area contributed by atoms with Crippen LogP contribution in [0, 0.1) is 11.3 Å². The maximum absolute atomic E-state index is 11.6. The van der Waals surface area contributed by atoms with Crippen molar-refractivity contribution in [3.8, 4) is 6.07 Å². The van der Waals surface area contributed by atoms with Crippen molar-refractivity contribution in [2.24, 2.45) is 0 Å². The lowest BCUT2D eigenvalue weighted by atomic mass is 9.94. The van der Waals surface area contributed by atoms with Gasteiger partial charge in [-0.25, -0.2) is 0 Å². The fraction of sp³-hybridized carbons (Fsp3) is 0.375. The van der Waals surface area contributed by atoms with Gasteiger partial charge in [-0.1, -0.05) is 44.2 Å². The Balaban J connectivity index is 2.72.